The van der Waals surface area contributed by atoms with Crippen molar-refractivity contribution in [1.82, 2.24) is 15.3 Å². The lowest BCUT2D eigenvalue weighted by Crippen LogP contribution is -2.37. The Morgan fingerprint density at radius 1 is 0.892 bits per heavy atom. The van der Waals surface area contributed by atoms with E-state index in [4.69, 9.17) is 17.0 Å². The number of carbonyl (C=O) groups excluding carboxylic acids is 1. The lowest BCUT2D eigenvalue weighted by atomic mass is 9.90. The van der Waals surface area contributed by atoms with Crippen molar-refractivity contribution >= 4 is 44.8 Å². The van der Waals surface area contributed by atoms with Crippen LogP contribution in [0.4, 0.5) is 11.5 Å². The van der Waals surface area contributed by atoms with Crippen molar-refractivity contribution < 1.29 is 17.9 Å². The molecule has 0 atom stereocenters. The number of thiocarbonyl (C=S) groups is 1. The van der Waals surface area contributed by atoms with Crippen molar-refractivity contribution in [3.63, 3.8) is 0 Å². The molecule has 0 bridgehead atoms. The van der Waals surface area contributed by atoms with Crippen molar-refractivity contribution in [2.75, 3.05) is 17.1 Å². The summed E-state index contributed by atoms with van der Waals surface area (Å²) in [5.74, 6) is -0.548. The summed E-state index contributed by atoms with van der Waals surface area (Å²) in [6.07, 6.45) is 1.19. The topological polar surface area (TPSA) is 122 Å². The molecule has 0 aliphatic carbocycles. The van der Waals surface area contributed by atoms with Gasteiger partial charge >= 0.3 is 0 Å². The number of methoxy groups -OCH3 is 1. The third-order valence-corrected chi connectivity index (χ3v) is 6.85. The minimum Gasteiger partial charge on any atom is -0.481 e. The van der Waals surface area contributed by atoms with E-state index in [0.29, 0.717) is 5.69 Å². The zero-order valence-electron chi connectivity index (χ0n) is 19.7. The van der Waals surface area contributed by atoms with Crippen molar-refractivity contribution in [2.45, 2.75) is 10.8 Å². The Labute approximate surface area is 220 Å². The van der Waals surface area contributed by atoms with Gasteiger partial charge in [-0.05, 0) is 47.6 Å². The smallest absolute Gasteiger partial charge is 0.263 e. The van der Waals surface area contributed by atoms with Crippen LogP contribution in [0, 0.1) is 0 Å². The van der Waals surface area contributed by atoms with Crippen molar-refractivity contribution in [3.05, 3.63) is 108 Å². The minimum absolute atomic E-state index is 0.0128. The van der Waals surface area contributed by atoms with Crippen LogP contribution in [-0.2, 0) is 14.8 Å². The van der Waals surface area contributed by atoms with Crippen LogP contribution in [0.2, 0.25) is 0 Å². The Morgan fingerprint density at radius 2 is 1.49 bits per heavy atom. The lowest BCUT2D eigenvalue weighted by molar-refractivity contribution is -0.120. The summed E-state index contributed by atoms with van der Waals surface area (Å²) in [5, 5.41) is 5.75. The normalized spacial score (nSPS) is 11.0. The zero-order chi connectivity index (χ0) is 26.3. The predicted octanol–water partition coefficient (Wildman–Crippen LogP) is 3.93. The molecule has 4 rings (SSSR count). The van der Waals surface area contributed by atoms with E-state index in [-0.39, 0.29) is 27.6 Å². The Morgan fingerprint density at radius 3 is 2.05 bits per heavy atom. The molecule has 0 saturated carbocycles. The number of benzene rings is 3. The molecular formula is C26H23N5O4S2. The molecule has 11 heteroatoms. The van der Waals surface area contributed by atoms with Gasteiger partial charge < -0.3 is 15.4 Å². The number of carbonyl (C=O) groups is 1. The Hall–Kier alpha value is -4.35. The number of nitrogens with zero attached hydrogens (tertiary/aromatic N) is 2. The second kappa shape index (κ2) is 11.6. The lowest BCUT2D eigenvalue weighted by Gasteiger charge is -2.18. The fourth-order valence-electron chi connectivity index (χ4n) is 3.55. The maximum atomic E-state index is 13.2. The summed E-state index contributed by atoms with van der Waals surface area (Å²) in [4.78, 5) is 21.0. The number of aromatic nitrogens is 2. The fourth-order valence-corrected chi connectivity index (χ4v) is 4.77. The van der Waals surface area contributed by atoms with Gasteiger partial charge in [0.05, 0.1) is 17.9 Å². The summed E-state index contributed by atoms with van der Waals surface area (Å²) in [6, 6.07) is 26.1. The Balaban J connectivity index is 1.43. The predicted molar refractivity (Wildman–Crippen MR) is 145 cm³/mol. The van der Waals surface area contributed by atoms with E-state index < -0.39 is 15.9 Å². The van der Waals surface area contributed by atoms with Gasteiger partial charge in [-0.25, -0.2) is 18.4 Å². The van der Waals surface area contributed by atoms with Crippen LogP contribution < -0.4 is 20.1 Å². The second-order valence-corrected chi connectivity index (χ2v) is 9.86. The highest BCUT2D eigenvalue weighted by molar-refractivity contribution is 7.92. The van der Waals surface area contributed by atoms with Crippen molar-refractivity contribution in [1.29, 1.82) is 0 Å². The van der Waals surface area contributed by atoms with Crippen LogP contribution in [0.3, 0.4) is 0 Å². The molecule has 0 saturated heterocycles. The highest BCUT2D eigenvalue weighted by Crippen LogP contribution is 2.25. The average Bonchev–Trinajstić information content (AvgIpc) is 2.90. The summed E-state index contributed by atoms with van der Waals surface area (Å²) in [7, 11) is -2.48. The number of hydrogen-bond acceptors (Lipinski definition) is 7. The first-order chi connectivity index (χ1) is 17.9. The van der Waals surface area contributed by atoms with Crippen LogP contribution in [0.15, 0.2) is 102 Å². The minimum atomic E-state index is -3.90. The molecule has 188 valence electrons. The number of anilines is 2. The summed E-state index contributed by atoms with van der Waals surface area (Å²) in [6.45, 7) is 0. The molecule has 37 heavy (non-hydrogen) atoms. The summed E-state index contributed by atoms with van der Waals surface area (Å²) >= 11 is 5.35. The molecule has 3 N–H and O–H groups in total. The van der Waals surface area contributed by atoms with Gasteiger partial charge in [-0.15, -0.1) is 0 Å². The molecule has 9 nitrogen and oxygen atoms in total. The van der Waals surface area contributed by atoms with Gasteiger partial charge in [0.1, 0.15) is 12.1 Å². The molecule has 0 aliphatic rings. The highest BCUT2D eigenvalue weighted by Gasteiger charge is 2.23. The van der Waals surface area contributed by atoms with Crippen LogP contribution >= 0.6 is 12.2 Å². The number of ether oxygens (including phenoxy) is 1. The monoisotopic (exact) mass is 533 g/mol. The average molecular weight is 534 g/mol. The van der Waals surface area contributed by atoms with E-state index in [2.05, 4.69) is 25.3 Å². The van der Waals surface area contributed by atoms with Crippen LogP contribution in [0.5, 0.6) is 5.88 Å². The molecule has 0 unspecified atom stereocenters. The molecule has 3 aromatic carbocycles. The van der Waals surface area contributed by atoms with E-state index in [9.17, 15) is 13.2 Å². The third-order valence-electron chi connectivity index (χ3n) is 5.28. The standard InChI is InChI=1S/C26H23N5O4S2/c1-35-23-16-22(27-17-28-23)31-37(33,34)21-14-12-20(13-15-21)29-26(36)30-25(32)24(18-8-4-2-5-9-18)19-10-6-3-7-11-19/h2-17,24H,1H3,(H,27,28,31)(H2,29,30,32,36). The number of amides is 1. The maximum Gasteiger partial charge on any atom is 0.263 e. The van der Waals surface area contributed by atoms with Gasteiger partial charge in [-0.2, -0.15) is 0 Å². The SMILES string of the molecule is COc1cc(NS(=O)(=O)c2ccc(NC(=S)NC(=O)C(c3ccccc3)c3ccccc3)cc2)ncn1. The van der Waals surface area contributed by atoms with E-state index in [1.165, 1.54) is 31.6 Å². The van der Waals surface area contributed by atoms with E-state index in [1.54, 1.807) is 12.1 Å². The molecule has 1 heterocycles. The fraction of sp³-hybridized carbons (Fsp3) is 0.0769. The molecular weight excluding hydrogens is 510 g/mol. The van der Waals surface area contributed by atoms with Gasteiger partial charge in [-0.3, -0.25) is 9.52 Å². The molecule has 0 aliphatic heterocycles. The number of hydrogen-bond donors (Lipinski definition) is 3. The number of rotatable bonds is 8. The van der Waals surface area contributed by atoms with Crippen LogP contribution in [0.25, 0.3) is 0 Å². The molecule has 0 spiro atoms. The molecule has 1 aromatic heterocycles. The number of nitrogens with one attached hydrogen (secondary N) is 3. The second-order valence-electron chi connectivity index (χ2n) is 7.77. The first-order valence-electron chi connectivity index (χ1n) is 11.1. The van der Waals surface area contributed by atoms with Gasteiger partial charge in [0.15, 0.2) is 5.11 Å². The third kappa shape index (κ3) is 6.66. The molecule has 0 fully saturated rings. The molecule has 1 amide bonds. The van der Waals surface area contributed by atoms with Crippen molar-refractivity contribution in [3.8, 4) is 5.88 Å². The first kappa shape index (κ1) is 25.7. The molecule has 4 aromatic rings. The van der Waals surface area contributed by atoms with Gasteiger partial charge in [0.2, 0.25) is 11.8 Å². The Bertz CT molecular complexity index is 1440. The van der Waals surface area contributed by atoms with E-state index in [0.717, 1.165) is 11.1 Å². The molecule has 0 radical (unpaired) electrons. The zero-order valence-corrected chi connectivity index (χ0v) is 21.3. The highest BCUT2D eigenvalue weighted by atomic mass is 32.2. The van der Waals surface area contributed by atoms with Crippen LogP contribution in [0.1, 0.15) is 17.0 Å². The van der Waals surface area contributed by atoms with Gasteiger partial charge in [0.25, 0.3) is 10.0 Å². The van der Waals surface area contributed by atoms with Crippen molar-refractivity contribution in [2.24, 2.45) is 0 Å². The summed E-state index contributed by atoms with van der Waals surface area (Å²) < 4.78 is 32.8. The quantitative estimate of drug-likeness (QED) is 0.291. The van der Waals surface area contributed by atoms with Gasteiger partial charge in [0, 0.05) is 11.8 Å². The largest absolute Gasteiger partial charge is 0.481 e. The maximum absolute atomic E-state index is 13.2. The van der Waals surface area contributed by atoms with Crippen LogP contribution in [-0.4, -0.2) is 36.5 Å². The first-order valence-corrected chi connectivity index (χ1v) is 13.0. The van der Waals surface area contributed by atoms with Gasteiger partial charge in [-0.1, -0.05) is 60.7 Å². The Kier molecular flexibility index (Phi) is 8.06. The van der Waals surface area contributed by atoms with E-state index in [1.807, 2.05) is 60.7 Å². The van der Waals surface area contributed by atoms with E-state index >= 15 is 0 Å². The summed E-state index contributed by atoms with van der Waals surface area (Å²) in [5.41, 5.74) is 2.17. The number of sulfonamides is 1.